The van der Waals surface area contributed by atoms with Crippen molar-refractivity contribution in [2.75, 3.05) is 44.7 Å². The molecule has 26 heavy (non-hydrogen) atoms. The molecule has 0 spiro atoms. The summed E-state index contributed by atoms with van der Waals surface area (Å²) < 4.78 is 0. The number of piperazine rings is 1. The Morgan fingerprint density at radius 1 is 1.12 bits per heavy atom. The van der Waals surface area contributed by atoms with Crippen LogP contribution < -0.4 is 10.2 Å². The van der Waals surface area contributed by atoms with E-state index in [0.717, 1.165) is 56.7 Å². The summed E-state index contributed by atoms with van der Waals surface area (Å²) in [6.45, 7) is 6.46. The molecule has 7 nitrogen and oxygen atoms in total. The Labute approximate surface area is 172 Å². The zero-order valence-corrected chi connectivity index (χ0v) is 17.6. The smallest absolute Gasteiger partial charge is 0.225 e. The monoisotopic (exact) mass is 467 g/mol. The van der Waals surface area contributed by atoms with Crippen LogP contribution in [0.25, 0.3) is 0 Å². The number of aromatic nitrogens is 3. The lowest BCUT2D eigenvalue weighted by Crippen LogP contribution is -2.53. The summed E-state index contributed by atoms with van der Waals surface area (Å²) >= 11 is 0. The van der Waals surface area contributed by atoms with E-state index in [1.807, 2.05) is 26.2 Å². The number of hydrogen-bond donors (Lipinski definition) is 1. The fourth-order valence-corrected chi connectivity index (χ4v) is 2.87. The van der Waals surface area contributed by atoms with Gasteiger partial charge >= 0.3 is 0 Å². The van der Waals surface area contributed by atoms with Crippen LogP contribution in [0.5, 0.6) is 0 Å². The average molecular weight is 467 g/mol. The lowest BCUT2D eigenvalue weighted by atomic mass is 10.2. The molecular weight excluding hydrogens is 441 g/mol. The van der Waals surface area contributed by atoms with Gasteiger partial charge in [-0.2, -0.15) is 0 Å². The first-order chi connectivity index (χ1) is 12.3. The number of aryl methyl sites for hydroxylation is 1. The van der Waals surface area contributed by atoms with Crippen molar-refractivity contribution in [3.63, 3.8) is 0 Å². The highest BCUT2D eigenvalue weighted by Gasteiger charge is 2.20. The van der Waals surface area contributed by atoms with Crippen LogP contribution in [0.15, 0.2) is 41.8 Å². The molecule has 2 aromatic heterocycles. The third-order valence-electron chi connectivity index (χ3n) is 4.30. The molecule has 2 aromatic rings. The van der Waals surface area contributed by atoms with Crippen molar-refractivity contribution in [3.8, 4) is 0 Å². The minimum Gasteiger partial charge on any atom is -0.356 e. The molecule has 140 valence electrons. The summed E-state index contributed by atoms with van der Waals surface area (Å²) in [5.41, 5.74) is 2.28. The molecule has 0 bridgehead atoms. The number of halogens is 1. The van der Waals surface area contributed by atoms with E-state index in [9.17, 15) is 0 Å². The molecule has 0 atom stereocenters. The highest BCUT2D eigenvalue weighted by Crippen LogP contribution is 2.09. The van der Waals surface area contributed by atoms with Gasteiger partial charge in [-0.3, -0.25) is 9.98 Å². The lowest BCUT2D eigenvalue weighted by molar-refractivity contribution is 0.370. The Morgan fingerprint density at radius 3 is 2.46 bits per heavy atom. The molecule has 1 aliphatic heterocycles. The standard InChI is InChI=1S/C18H25N7.HI/c1-15-4-5-16(14-23-15)6-9-22-17(19-2)24-10-12-25(13-11-24)18-20-7-3-8-21-18;/h3-5,7-8,14H,6,9-13H2,1-2H3,(H,19,22);1H. The van der Waals surface area contributed by atoms with E-state index in [1.165, 1.54) is 5.56 Å². The van der Waals surface area contributed by atoms with Crippen molar-refractivity contribution < 1.29 is 0 Å². The molecule has 8 heteroatoms. The number of hydrogen-bond acceptors (Lipinski definition) is 5. The summed E-state index contributed by atoms with van der Waals surface area (Å²) in [5, 5.41) is 3.46. The second-order valence-corrected chi connectivity index (χ2v) is 6.05. The van der Waals surface area contributed by atoms with Gasteiger partial charge in [0.1, 0.15) is 0 Å². The normalized spacial score (nSPS) is 14.8. The molecule has 1 N–H and O–H groups in total. The molecule has 3 heterocycles. The van der Waals surface area contributed by atoms with E-state index in [2.05, 4.69) is 47.2 Å². The van der Waals surface area contributed by atoms with E-state index >= 15 is 0 Å². The summed E-state index contributed by atoms with van der Waals surface area (Å²) in [7, 11) is 1.84. The zero-order chi connectivity index (χ0) is 17.5. The second-order valence-electron chi connectivity index (χ2n) is 6.05. The SMILES string of the molecule is CN=C(NCCc1ccc(C)nc1)N1CCN(c2ncccn2)CC1.I. The number of rotatable bonds is 4. The van der Waals surface area contributed by atoms with E-state index in [1.54, 1.807) is 12.4 Å². The van der Waals surface area contributed by atoms with Crippen molar-refractivity contribution >= 4 is 35.9 Å². The largest absolute Gasteiger partial charge is 0.356 e. The Bertz CT molecular complexity index is 682. The van der Waals surface area contributed by atoms with Crippen molar-refractivity contribution in [1.29, 1.82) is 0 Å². The maximum absolute atomic E-state index is 4.42. The minimum absolute atomic E-state index is 0. The van der Waals surface area contributed by atoms with Crippen LogP contribution in [0.2, 0.25) is 0 Å². The van der Waals surface area contributed by atoms with Crippen molar-refractivity contribution in [2.24, 2.45) is 4.99 Å². The number of anilines is 1. The molecule has 1 fully saturated rings. The molecule has 0 saturated carbocycles. The Balaban J connectivity index is 0.00000243. The van der Waals surface area contributed by atoms with Crippen LogP contribution >= 0.6 is 24.0 Å². The maximum Gasteiger partial charge on any atom is 0.225 e. The van der Waals surface area contributed by atoms with Crippen LogP contribution in [0.3, 0.4) is 0 Å². The van der Waals surface area contributed by atoms with Crippen LogP contribution in [0, 0.1) is 6.92 Å². The van der Waals surface area contributed by atoms with E-state index in [4.69, 9.17) is 0 Å². The van der Waals surface area contributed by atoms with Crippen molar-refractivity contribution in [3.05, 3.63) is 48.0 Å². The average Bonchev–Trinajstić information content (AvgIpc) is 2.68. The maximum atomic E-state index is 4.42. The Kier molecular flexibility index (Phi) is 8.02. The van der Waals surface area contributed by atoms with Gasteiger partial charge in [0.05, 0.1) is 0 Å². The summed E-state index contributed by atoms with van der Waals surface area (Å²) in [6.07, 6.45) is 6.45. The quantitative estimate of drug-likeness (QED) is 0.420. The zero-order valence-electron chi connectivity index (χ0n) is 15.3. The molecule has 1 aliphatic rings. The molecule has 0 unspecified atom stereocenters. The van der Waals surface area contributed by atoms with Crippen LogP contribution in [0.4, 0.5) is 5.95 Å². The van der Waals surface area contributed by atoms with E-state index in [-0.39, 0.29) is 24.0 Å². The predicted molar refractivity (Wildman–Crippen MR) is 115 cm³/mol. The summed E-state index contributed by atoms with van der Waals surface area (Å²) in [6, 6.07) is 6.02. The van der Waals surface area contributed by atoms with Gasteiger partial charge in [-0.15, -0.1) is 24.0 Å². The first kappa shape index (κ1) is 20.3. The number of nitrogens with one attached hydrogen (secondary N) is 1. The van der Waals surface area contributed by atoms with Gasteiger partial charge in [0.15, 0.2) is 5.96 Å². The molecule has 3 rings (SSSR count). The molecule has 0 radical (unpaired) electrons. The van der Waals surface area contributed by atoms with Gasteiger partial charge in [-0.05, 0) is 31.0 Å². The Hall–Kier alpha value is -1.97. The fourth-order valence-electron chi connectivity index (χ4n) is 2.87. The van der Waals surface area contributed by atoms with Crippen LogP contribution in [-0.2, 0) is 6.42 Å². The lowest BCUT2D eigenvalue weighted by Gasteiger charge is -2.36. The van der Waals surface area contributed by atoms with Crippen molar-refractivity contribution in [1.82, 2.24) is 25.2 Å². The second kappa shape index (κ2) is 10.2. The highest BCUT2D eigenvalue weighted by molar-refractivity contribution is 14.0. The van der Waals surface area contributed by atoms with Crippen molar-refractivity contribution in [2.45, 2.75) is 13.3 Å². The van der Waals surface area contributed by atoms with Gasteiger partial charge in [0.2, 0.25) is 5.95 Å². The van der Waals surface area contributed by atoms with Gasteiger partial charge in [-0.1, -0.05) is 6.07 Å². The predicted octanol–water partition coefficient (Wildman–Crippen LogP) is 1.74. The highest BCUT2D eigenvalue weighted by atomic mass is 127. The topological polar surface area (TPSA) is 69.5 Å². The molecule has 0 aliphatic carbocycles. The van der Waals surface area contributed by atoms with Gasteiger partial charge in [-0.25, -0.2) is 9.97 Å². The molecular formula is C18H26IN7. The summed E-state index contributed by atoms with van der Waals surface area (Å²) in [5.74, 6) is 1.76. The number of aliphatic imine (C=N–C) groups is 1. The Morgan fingerprint density at radius 2 is 1.85 bits per heavy atom. The minimum atomic E-state index is 0. The summed E-state index contributed by atoms with van der Waals surface area (Å²) in [4.78, 5) is 21.9. The number of guanidine groups is 1. The van der Waals surface area contributed by atoms with Gasteiger partial charge in [0.25, 0.3) is 0 Å². The molecule has 0 amide bonds. The van der Waals surface area contributed by atoms with E-state index in [0.29, 0.717) is 0 Å². The van der Waals surface area contributed by atoms with E-state index < -0.39 is 0 Å². The first-order valence-corrected chi connectivity index (χ1v) is 8.65. The molecule has 1 saturated heterocycles. The number of pyridine rings is 1. The van der Waals surface area contributed by atoms with Gasteiger partial charge < -0.3 is 15.1 Å². The van der Waals surface area contributed by atoms with Gasteiger partial charge in [0, 0.05) is 64.1 Å². The molecule has 0 aromatic carbocycles. The third kappa shape index (κ3) is 5.52. The first-order valence-electron chi connectivity index (χ1n) is 8.65. The van der Waals surface area contributed by atoms with Crippen LogP contribution in [0.1, 0.15) is 11.3 Å². The third-order valence-corrected chi connectivity index (χ3v) is 4.30. The fraction of sp³-hybridized carbons (Fsp3) is 0.444. The number of nitrogens with zero attached hydrogens (tertiary/aromatic N) is 6. The van der Waals surface area contributed by atoms with Crippen LogP contribution in [-0.4, -0.2) is 65.6 Å².